The summed E-state index contributed by atoms with van der Waals surface area (Å²) in [5, 5.41) is 8.52. The van der Waals surface area contributed by atoms with Crippen LogP contribution in [0.5, 0.6) is 0 Å². The second-order valence-electron chi connectivity index (χ2n) is 4.58. The van der Waals surface area contributed by atoms with Gasteiger partial charge in [0, 0.05) is 24.7 Å². The predicted octanol–water partition coefficient (Wildman–Crippen LogP) is 1.96. The number of carbonyl (C=O) groups is 2. The maximum Gasteiger partial charge on any atom is 0.281 e. The largest absolute Gasteiger partial charge is 0.352 e. The molecule has 0 spiro atoms. The molecule has 0 atom stereocenters. The van der Waals surface area contributed by atoms with E-state index in [4.69, 9.17) is 0 Å². The molecule has 0 aliphatic heterocycles. The molecule has 22 heavy (non-hydrogen) atoms. The summed E-state index contributed by atoms with van der Waals surface area (Å²) in [4.78, 5) is 28.0. The quantitative estimate of drug-likeness (QED) is 0.631. The molecule has 2 aromatic rings. The molecule has 6 nitrogen and oxygen atoms in total. The molecule has 0 radical (unpaired) electrons. The molecule has 2 N–H and O–H groups in total. The van der Waals surface area contributed by atoms with E-state index in [-0.39, 0.29) is 18.2 Å². The first-order valence-electron chi connectivity index (χ1n) is 6.68. The minimum absolute atomic E-state index is 0.130. The summed E-state index contributed by atoms with van der Waals surface area (Å²) in [6.07, 6.45) is 3.51. The summed E-state index contributed by atoms with van der Waals surface area (Å²) in [6, 6.07) is 7.21. The topological polar surface area (TPSA) is 83.4 Å². The third-order valence-corrected chi connectivity index (χ3v) is 3.59. The first-order valence-corrected chi connectivity index (χ1v) is 7.55. The smallest absolute Gasteiger partial charge is 0.281 e. The molecule has 0 fully saturated rings. The van der Waals surface area contributed by atoms with Crippen molar-refractivity contribution in [2.75, 3.05) is 0 Å². The highest BCUT2D eigenvalue weighted by Gasteiger charge is 2.07. The van der Waals surface area contributed by atoms with Crippen molar-refractivity contribution in [1.82, 2.24) is 15.7 Å². The maximum absolute atomic E-state index is 11.8. The number of thiophene rings is 1. The highest BCUT2D eigenvalue weighted by molar-refractivity contribution is 7.12. The van der Waals surface area contributed by atoms with Crippen LogP contribution in [0, 0.1) is 0 Å². The van der Waals surface area contributed by atoms with Crippen LogP contribution in [0.4, 0.5) is 0 Å². The Morgan fingerprint density at radius 1 is 1.32 bits per heavy atom. The summed E-state index contributed by atoms with van der Waals surface area (Å²) >= 11 is 1.34. The Morgan fingerprint density at radius 3 is 2.86 bits per heavy atom. The van der Waals surface area contributed by atoms with Crippen LogP contribution in [-0.4, -0.2) is 22.5 Å². The van der Waals surface area contributed by atoms with Crippen molar-refractivity contribution in [2.45, 2.75) is 19.9 Å². The minimum atomic E-state index is -0.273. The van der Waals surface area contributed by atoms with Gasteiger partial charge in [0.05, 0.1) is 11.3 Å². The van der Waals surface area contributed by atoms with Gasteiger partial charge in [0.2, 0.25) is 5.91 Å². The molecule has 2 amide bonds. The van der Waals surface area contributed by atoms with Gasteiger partial charge in [-0.25, -0.2) is 5.43 Å². The van der Waals surface area contributed by atoms with Crippen molar-refractivity contribution in [2.24, 2.45) is 5.10 Å². The van der Waals surface area contributed by atoms with Gasteiger partial charge in [-0.05, 0) is 30.0 Å². The van der Waals surface area contributed by atoms with Crippen LogP contribution in [0.25, 0.3) is 0 Å². The van der Waals surface area contributed by atoms with Crippen LogP contribution >= 0.6 is 11.3 Å². The first-order chi connectivity index (χ1) is 10.6. The van der Waals surface area contributed by atoms with E-state index in [2.05, 4.69) is 20.8 Å². The first kappa shape index (κ1) is 15.8. The molecule has 0 saturated heterocycles. The Kier molecular flexibility index (Phi) is 5.79. The van der Waals surface area contributed by atoms with Gasteiger partial charge in [-0.3, -0.25) is 14.6 Å². The Labute approximate surface area is 132 Å². The Hall–Kier alpha value is -2.54. The fourth-order valence-corrected chi connectivity index (χ4v) is 2.26. The SMILES string of the molecule is CC(CC(=O)NCc1cccnc1)=NNC(=O)c1cccs1. The van der Waals surface area contributed by atoms with E-state index < -0.39 is 0 Å². The number of nitrogens with one attached hydrogen (secondary N) is 2. The lowest BCUT2D eigenvalue weighted by molar-refractivity contribution is -0.120. The zero-order valence-corrected chi connectivity index (χ0v) is 12.9. The standard InChI is InChI=1S/C15H16N4O2S/c1-11(18-19-15(21)13-5-3-7-22-13)8-14(20)17-10-12-4-2-6-16-9-12/h2-7,9H,8,10H2,1H3,(H,17,20)(H,19,21). The molecular formula is C15H16N4O2S. The normalized spacial score (nSPS) is 11.0. The monoisotopic (exact) mass is 316 g/mol. The van der Waals surface area contributed by atoms with Gasteiger partial charge in [-0.1, -0.05) is 12.1 Å². The average Bonchev–Trinajstić information content (AvgIpc) is 3.06. The van der Waals surface area contributed by atoms with Gasteiger partial charge in [-0.2, -0.15) is 5.10 Å². The molecule has 0 saturated carbocycles. The Bertz CT molecular complexity index is 653. The van der Waals surface area contributed by atoms with Crippen LogP contribution < -0.4 is 10.7 Å². The lowest BCUT2D eigenvalue weighted by Gasteiger charge is -2.05. The van der Waals surface area contributed by atoms with Gasteiger partial charge < -0.3 is 5.32 Å². The highest BCUT2D eigenvalue weighted by Crippen LogP contribution is 2.07. The van der Waals surface area contributed by atoms with Crippen molar-refractivity contribution in [1.29, 1.82) is 0 Å². The van der Waals surface area contributed by atoms with Crippen LogP contribution in [0.3, 0.4) is 0 Å². The van der Waals surface area contributed by atoms with Crippen molar-refractivity contribution >= 4 is 28.9 Å². The minimum Gasteiger partial charge on any atom is -0.352 e. The van der Waals surface area contributed by atoms with E-state index >= 15 is 0 Å². The predicted molar refractivity (Wildman–Crippen MR) is 85.6 cm³/mol. The molecule has 7 heteroatoms. The Morgan fingerprint density at radius 2 is 2.18 bits per heavy atom. The molecule has 114 valence electrons. The van der Waals surface area contributed by atoms with Gasteiger partial charge in [0.15, 0.2) is 0 Å². The number of carbonyl (C=O) groups excluding carboxylic acids is 2. The number of hydrazone groups is 1. The summed E-state index contributed by atoms with van der Waals surface area (Å²) in [7, 11) is 0. The average molecular weight is 316 g/mol. The lowest BCUT2D eigenvalue weighted by Crippen LogP contribution is -2.26. The zero-order chi connectivity index (χ0) is 15.8. The van der Waals surface area contributed by atoms with E-state index in [0.717, 1.165) is 5.56 Å². The molecular weight excluding hydrogens is 300 g/mol. The number of hydrogen-bond acceptors (Lipinski definition) is 5. The third-order valence-electron chi connectivity index (χ3n) is 2.72. The molecule has 0 aliphatic carbocycles. The number of nitrogens with zero attached hydrogens (tertiary/aromatic N) is 2. The van der Waals surface area contributed by atoms with Crippen LogP contribution in [0.1, 0.15) is 28.6 Å². The number of amides is 2. The van der Waals surface area contributed by atoms with Gasteiger partial charge in [-0.15, -0.1) is 11.3 Å². The number of aromatic nitrogens is 1. The number of hydrogen-bond donors (Lipinski definition) is 2. The van der Waals surface area contributed by atoms with Crippen LogP contribution in [0.15, 0.2) is 47.1 Å². The van der Waals surface area contributed by atoms with E-state index in [1.807, 2.05) is 17.5 Å². The van der Waals surface area contributed by atoms with Gasteiger partial charge >= 0.3 is 0 Å². The molecule has 0 unspecified atom stereocenters. The summed E-state index contributed by atoms with van der Waals surface area (Å²) in [6.45, 7) is 2.11. The zero-order valence-electron chi connectivity index (χ0n) is 12.1. The van der Waals surface area contributed by atoms with Gasteiger partial charge in [0.1, 0.15) is 0 Å². The molecule has 2 rings (SSSR count). The van der Waals surface area contributed by atoms with Crippen molar-refractivity contribution < 1.29 is 9.59 Å². The molecule has 0 aliphatic rings. The molecule has 2 aromatic heterocycles. The second kappa shape index (κ2) is 8.04. The summed E-state index contributed by atoms with van der Waals surface area (Å²) in [5.41, 5.74) is 3.90. The van der Waals surface area contributed by atoms with E-state index in [0.29, 0.717) is 17.1 Å². The van der Waals surface area contributed by atoms with Crippen molar-refractivity contribution in [3.05, 3.63) is 52.5 Å². The lowest BCUT2D eigenvalue weighted by atomic mass is 10.2. The summed E-state index contributed by atoms with van der Waals surface area (Å²) < 4.78 is 0. The Balaban J connectivity index is 1.76. The van der Waals surface area contributed by atoms with E-state index in [1.165, 1.54) is 11.3 Å². The fourth-order valence-electron chi connectivity index (χ4n) is 1.65. The number of rotatable bonds is 6. The van der Waals surface area contributed by atoms with Gasteiger partial charge in [0.25, 0.3) is 5.91 Å². The summed E-state index contributed by atoms with van der Waals surface area (Å²) in [5.74, 6) is -0.430. The van der Waals surface area contributed by atoms with E-state index in [1.54, 1.807) is 31.5 Å². The second-order valence-corrected chi connectivity index (χ2v) is 5.53. The number of pyridine rings is 1. The third kappa shape index (κ3) is 5.10. The van der Waals surface area contributed by atoms with E-state index in [9.17, 15) is 9.59 Å². The van der Waals surface area contributed by atoms with Crippen molar-refractivity contribution in [3.63, 3.8) is 0 Å². The molecule has 2 heterocycles. The van der Waals surface area contributed by atoms with Crippen LogP contribution in [0.2, 0.25) is 0 Å². The van der Waals surface area contributed by atoms with Crippen molar-refractivity contribution in [3.8, 4) is 0 Å². The fraction of sp³-hybridized carbons (Fsp3) is 0.200. The van der Waals surface area contributed by atoms with Crippen LogP contribution in [-0.2, 0) is 11.3 Å². The molecule has 0 aromatic carbocycles. The molecule has 0 bridgehead atoms. The maximum atomic E-state index is 11.8. The highest BCUT2D eigenvalue weighted by atomic mass is 32.1.